The van der Waals surface area contributed by atoms with Gasteiger partial charge in [-0.1, -0.05) is 12.1 Å². The first-order valence-electron chi connectivity index (χ1n) is 14.8. The predicted octanol–water partition coefficient (Wildman–Crippen LogP) is 2.57. The molecule has 4 N–H and O–H groups in total. The number of rotatable bonds is 10. The molecule has 6 rings (SSSR count). The van der Waals surface area contributed by atoms with Crippen LogP contribution in [0.4, 0.5) is 0 Å². The minimum absolute atomic E-state index is 0.0385. The van der Waals surface area contributed by atoms with E-state index in [1.807, 2.05) is 6.07 Å². The zero-order chi connectivity index (χ0) is 33.9. The fourth-order valence-electron chi connectivity index (χ4n) is 5.60. The van der Waals surface area contributed by atoms with Crippen molar-refractivity contribution < 1.29 is 67.9 Å². The van der Waals surface area contributed by atoms with Gasteiger partial charge in [-0.3, -0.25) is 0 Å². The Hall–Kier alpha value is -5.15. The van der Waals surface area contributed by atoms with Crippen LogP contribution in [-0.4, -0.2) is 91.8 Å². The fraction of sp³-hybridized carbons (Fsp3) is 0.324. The van der Waals surface area contributed by atoms with Crippen LogP contribution in [0.15, 0.2) is 54.8 Å². The molecular formula is C34H34O14. The minimum atomic E-state index is -1.70. The number of hydrogen-bond acceptors (Lipinski definition) is 14. The Balaban J connectivity index is 1.29. The molecule has 48 heavy (non-hydrogen) atoms. The number of hydrogen-bond donors (Lipinski definition) is 4. The molecule has 14 nitrogen and oxygen atoms in total. The van der Waals surface area contributed by atoms with Crippen LogP contribution in [0.5, 0.6) is 46.0 Å². The van der Waals surface area contributed by atoms with Crippen molar-refractivity contribution in [2.24, 2.45) is 0 Å². The maximum absolute atomic E-state index is 12.8. The normalized spacial score (nSPS) is 22.7. The number of fused-ring (bicyclic) bond motifs is 2. The summed E-state index contributed by atoms with van der Waals surface area (Å²) in [7, 11) is 4.40. The Labute approximate surface area is 274 Å². The van der Waals surface area contributed by atoms with Gasteiger partial charge in [-0.15, -0.1) is 0 Å². The van der Waals surface area contributed by atoms with Gasteiger partial charge < -0.3 is 63.1 Å². The number of carbonyl (C=O) groups is 1. The molecule has 5 atom stereocenters. The molecule has 0 bridgehead atoms. The van der Waals surface area contributed by atoms with E-state index in [0.29, 0.717) is 40.5 Å². The summed E-state index contributed by atoms with van der Waals surface area (Å²) >= 11 is 0. The largest absolute Gasteiger partial charge is 0.508 e. The number of phenolic OH excluding ortho intramolecular Hbond substituents is 1. The Morgan fingerprint density at radius 3 is 2.31 bits per heavy atom. The second-order valence-electron chi connectivity index (χ2n) is 10.9. The third-order valence-corrected chi connectivity index (χ3v) is 8.03. The van der Waals surface area contributed by atoms with Gasteiger partial charge in [-0.05, 0) is 29.8 Å². The topological polar surface area (TPSA) is 181 Å². The highest BCUT2D eigenvalue weighted by Gasteiger charge is 2.48. The minimum Gasteiger partial charge on any atom is -0.508 e. The number of allylic oxidation sites excluding steroid dienone is 1. The highest BCUT2D eigenvalue weighted by molar-refractivity contribution is 5.87. The second-order valence-corrected chi connectivity index (χ2v) is 10.9. The number of methoxy groups -OCH3 is 3. The molecule has 14 heteroatoms. The van der Waals surface area contributed by atoms with E-state index in [0.717, 1.165) is 17.2 Å². The van der Waals surface area contributed by atoms with E-state index in [1.54, 1.807) is 31.6 Å². The highest BCUT2D eigenvalue weighted by atomic mass is 16.7. The zero-order valence-electron chi connectivity index (χ0n) is 26.2. The van der Waals surface area contributed by atoms with Crippen LogP contribution in [0.1, 0.15) is 16.7 Å². The first kappa shape index (κ1) is 32.8. The number of aromatic hydroxyl groups is 1. The van der Waals surface area contributed by atoms with Crippen LogP contribution in [0.3, 0.4) is 0 Å². The molecule has 3 aromatic carbocycles. The molecule has 3 aromatic rings. The van der Waals surface area contributed by atoms with Gasteiger partial charge in [0.1, 0.15) is 35.6 Å². The van der Waals surface area contributed by atoms with Crippen LogP contribution >= 0.6 is 0 Å². The Kier molecular flexibility index (Phi) is 9.50. The number of aliphatic hydroxyl groups is 3. The lowest BCUT2D eigenvalue weighted by Gasteiger charge is -2.41. The summed E-state index contributed by atoms with van der Waals surface area (Å²) in [4.78, 5) is 12.8. The van der Waals surface area contributed by atoms with Crippen LogP contribution in [-0.2, 0) is 20.7 Å². The summed E-state index contributed by atoms with van der Waals surface area (Å²) in [5.41, 5.74) is 2.68. The smallest absolute Gasteiger partial charge is 0.331 e. The van der Waals surface area contributed by atoms with Gasteiger partial charge in [0.25, 0.3) is 0 Å². The molecule has 254 valence electrons. The van der Waals surface area contributed by atoms with Crippen molar-refractivity contribution in [3.8, 4) is 46.0 Å². The summed E-state index contributed by atoms with van der Waals surface area (Å²) in [6.07, 6.45) is -3.20. The van der Waals surface area contributed by atoms with Gasteiger partial charge in [0.15, 0.2) is 29.1 Å². The van der Waals surface area contributed by atoms with Gasteiger partial charge in [0.2, 0.25) is 18.8 Å². The molecule has 0 spiro atoms. The lowest BCUT2D eigenvalue weighted by Crippen LogP contribution is -2.61. The van der Waals surface area contributed by atoms with E-state index in [2.05, 4.69) is 0 Å². The third kappa shape index (κ3) is 6.38. The average molecular weight is 667 g/mol. The molecule has 3 aliphatic heterocycles. The first-order chi connectivity index (χ1) is 23.2. The Morgan fingerprint density at radius 2 is 1.62 bits per heavy atom. The molecule has 1 fully saturated rings. The number of carbonyl (C=O) groups excluding carboxylic acids is 1. The summed E-state index contributed by atoms with van der Waals surface area (Å²) in [5.74, 6) is 1.67. The quantitative estimate of drug-likeness (QED) is 0.183. The lowest BCUT2D eigenvalue weighted by atomic mass is 9.94. The third-order valence-electron chi connectivity index (χ3n) is 8.03. The number of ether oxygens (including phenoxy) is 9. The molecule has 3 heterocycles. The van der Waals surface area contributed by atoms with Crippen LogP contribution in [0, 0.1) is 0 Å². The molecule has 0 saturated carbocycles. The van der Waals surface area contributed by atoms with Crippen molar-refractivity contribution in [2.75, 3.05) is 34.7 Å². The van der Waals surface area contributed by atoms with Gasteiger partial charge in [-0.25, -0.2) is 4.79 Å². The number of esters is 1. The second kappa shape index (κ2) is 13.9. The Bertz CT molecular complexity index is 1720. The van der Waals surface area contributed by atoms with E-state index in [9.17, 15) is 25.2 Å². The zero-order valence-corrected chi connectivity index (χ0v) is 26.2. The molecule has 3 aliphatic rings. The van der Waals surface area contributed by atoms with E-state index in [-0.39, 0.29) is 29.8 Å². The van der Waals surface area contributed by atoms with Crippen molar-refractivity contribution in [1.82, 2.24) is 0 Å². The molecule has 1 saturated heterocycles. The van der Waals surface area contributed by atoms with Crippen molar-refractivity contribution in [3.05, 3.63) is 71.5 Å². The summed E-state index contributed by atoms with van der Waals surface area (Å²) < 4.78 is 51.5. The van der Waals surface area contributed by atoms with Crippen molar-refractivity contribution in [3.63, 3.8) is 0 Å². The molecule has 0 radical (unpaired) electrons. The predicted molar refractivity (Wildman–Crippen MR) is 166 cm³/mol. The SMILES string of the molecule is COc1cc2c(cc1C1=COc3cc(O[C@@H]4O[C@H](CO)[C@@H](O)[C@H](O)[C@H]4OC(=O)/C=C/c4ccc(O)cc4)c(OC)c(OC)c3C1)OCO2. The maximum atomic E-state index is 12.8. The summed E-state index contributed by atoms with van der Waals surface area (Å²) in [5, 5.41) is 40.8. The molecule has 0 aliphatic carbocycles. The maximum Gasteiger partial charge on any atom is 0.331 e. The Morgan fingerprint density at radius 1 is 0.917 bits per heavy atom. The number of benzene rings is 3. The standard InChI is InChI=1S/C34H34O14/c1-40-22-12-25-24(44-16-45-25)11-20(22)18-10-21-23(43-15-18)13-26(32(42-3)31(21)41-2)46-34-33(30(39)29(38)27(14-35)47-34)48-28(37)9-6-17-4-7-19(36)8-5-17/h4-9,11-13,15,27,29-30,33-36,38-39H,10,14,16H2,1-3H3/b9-6+/t27-,29-,30+,33-,34-/m1/s1. The van der Waals surface area contributed by atoms with E-state index in [1.165, 1.54) is 38.5 Å². The summed E-state index contributed by atoms with van der Waals surface area (Å²) in [6, 6.07) is 11.1. The monoisotopic (exact) mass is 666 g/mol. The van der Waals surface area contributed by atoms with E-state index in [4.69, 9.17) is 42.6 Å². The molecular weight excluding hydrogens is 632 g/mol. The van der Waals surface area contributed by atoms with Gasteiger partial charge in [0, 0.05) is 41.3 Å². The lowest BCUT2D eigenvalue weighted by molar-refractivity contribution is -0.281. The molecule has 0 unspecified atom stereocenters. The van der Waals surface area contributed by atoms with Gasteiger partial charge >= 0.3 is 5.97 Å². The van der Waals surface area contributed by atoms with Crippen LogP contribution in [0.25, 0.3) is 11.6 Å². The van der Waals surface area contributed by atoms with E-state index >= 15 is 0 Å². The molecule has 0 aromatic heterocycles. The number of aliphatic hydroxyl groups excluding tert-OH is 3. The van der Waals surface area contributed by atoms with Crippen LogP contribution < -0.4 is 33.2 Å². The van der Waals surface area contributed by atoms with E-state index < -0.39 is 43.3 Å². The van der Waals surface area contributed by atoms with Crippen LogP contribution in [0.2, 0.25) is 0 Å². The molecule has 0 amide bonds. The van der Waals surface area contributed by atoms with Gasteiger partial charge in [0.05, 0.1) is 34.2 Å². The van der Waals surface area contributed by atoms with Crippen molar-refractivity contribution >= 4 is 17.6 Å². The first-order valence-corrected chi connectivity index (χ1v) is 14.8. The van der Waals surface area contributed by atoms with Gasteiger partial charge in [-0.2, -0.15) is 0 Å². The van der Waals surface area contributed by atoms with Crippen molar-refractivity contribution in [2.45, 2.75) is 37.1 Å². The summed E-state index contributed by atoms with van der Waals surface area (Å²) in [6.45, 7) is -0.561. The van der Waals surface area contributed by atoms with Crippen molar-refractivity contribution in [1.29, 1.82) is 0 Å². The highest BCUT2D eigenvalue weighted by Crippen LogP contribution is 2.50. The fourth-order valence-corrected chi connectivity index (χ4v) is 5.60. The average Bonchev–Trinajstić information content (AvgIpc) is 3.57. The number of phenols is 1.